The molecule has 0 bridgehead atoms. The molecule has 3 amide bonds. The van der Waals surface area contributed by atoms with Gasteiger partial charge in [0.25, 0.3) is 0 Å². The van der Waals surface area contributed by atoms with Crippen molar-refractivity contribution in [2.75, 3.05) is 6.54 Å². The van der Waals surface area contributed by atoms with Crippen LogP contribution in [0.5, 0.6) is 0 Å². The zero-order valence-corrected chi connectivity index (χ0v) is 16.9. The van der Waals surface area contributed by atoms with Crippen molar-refractivity contribution in [1.82, 2.24) is 16.0 Å². The van der Waals surface area contributed by atoms with E-state index in [-0.39, 0.29) is 23.8 Å². The number of halogens is 2. The molecule has 0 saturated carbocycles. The summed E-state index contributed by atoms with van der Waals surface area (Å²) >= 11 is 0. The first-order valence-corrected chi connectivity index (χ1v) is 9.87. The van der Waals surface area contributed by atoms with Crippen molar-refractivity contribution in [3.63, 3.8) is 0 Å². The van der Waals surface area contributed by atoms with Gasteiger partial charge in [-0.3, -0.25) is 14.4 Å². The summed E-state index contributed by atoms with van der Waals surface area (Å²) in [5, 5.41) is 7.86. The molecule has 0 aromatic heterocycles. The fourth-order valence-electron chi connectivity index (χ4n) is 3.30. The molecule has 8 heteroatoms. The lowest BCUT2D eigenvalue weighted by Crippen LogP contribution is -2.52. The van der Waals surface area contributed by atoms with E-state index in [0.29, 0.717) is 12.6 Å². The topological polar surface area (TPSA) is 87.3 Å². The van der Waals surface area contributed by atoms with Crippen molar-refractivity contribution in [3.05, 3.63) is 83.4 Å². The van der Waals surface area contributed by atoms with Gasteiger partial charge in [0.2, 0.25) is 17.7 Å². The lowest BCUT2D eigenvalue weighted by atomic mass is 9.99. The van der Waals surface area contributed by atoms with Gasteiger partial charge < -0.3 is 16.0 Å². The molecule has 3 rings (SSSR count). The first-order chi connectivity index (χ1) is 14.8. The van der Waals surface area contributed by atoms with Gasteiger partial charge in [0.1, 0.15) is 23.7 Å². The van der Waals surface area contributed by atoms with Gasteiger partial charge in [-0.05, 0) is 30.2 Å². The van der Waals surface area contributed by atoms with Crippen LogP contribution in [0.2, 0.25) is 0 Å². The maximum absolute atomic E-state index is 13.3. The minimum atomic E-state index is -0.944. The molecule has 2 aromatic rings. The Bertz CT molecular complexity index is 975. The molecule has 1 aliphatic heterocycles. The molecule has 1 aliphatic rings. The summed E-state index contributed by atoms with van der Waals surface area (Å²) < 4.78 is 26.5. The third-order valence-corrected chi connectivity index (χ3v) is 4.90. The fourth-order valence-corrected chi connectivity index (χ4v) is 3.30. The van der Waals surface area contributed by atoms with Crippen molar-refractivity contribution in [3.8, 4) is 0 Å². The van der Waals surface area contributed by atoms with Gasteiger partial charge in [-0.2, -0.15) is 0 Å². The predicted octanol–water partition coefficient (Wildman–Crippen LogP) is 1.97. The number of amides is 3. The van der Waals surface area contributed by atoms with Crippen LogP contribution in [0.4, 0.5) is 8.78 Å². The van der Waals surface area contributed by atoms with Crippen LogP contribution < -0.4 is 16.0 Å². The summed E-state index contributed by atoms with van der Waals surface area (Å²) in [6, 6.07) is 10.7. The summed E-state index contributed by atoms with van der Waals surface area (Å²) in [6.45, 7) is 1.87. The van der Waals surface area contributed by atoms with E-state index < -0.39 is 35.5 Å². The van der Waals surface area contributed by atoms with E-state index in [2.05, 4.69) is 16.0 Å². The molecule has 2 aromatic carbocycles. The van der Waals surface area contributed by atoms with Crippen LogP contribution in [-0.4, -0.2) is 36.3 Å². The first-order valence-electron chi connectivity index (χ1n) is 9.87. The van der Waals surface area contributed by atoms with Gasteiger partial charge in [-0.1, -0.05) is 42.5 Å². The van der Waals surface area contributed by atoms with E-state index in [1.54, 1.807) is 6.08 Å². The Labute approximate surface area is 178 Å². The Kier molecular flexibility index (Phi) is 7.12. The molecular weight excluding hydrogens is 404 g/mol. The summed E-state index contributed by atoms with van der Waals surface area (Å²) in [5.74, 6) is -3.06. The quantitative estimate of drug-likeness (QED) is 0.616. The Morgan fingerprint density at radius 3 is 2.45 bits per heavy atom. The third-order valence-electron chi connectivity index (χ3n) is 4.90. The van der Waals surface area contributed by atoms with E-state index in [1.165, 1.54) is 6.92 Å². The largest absolute Gasteiger partial charge is 0.353 e. The molecule has 31 heavy (non-hydrogen) atoms. The average Bonchev–Trinajstić information content (AvgIpc) is 2.89. The maximum Gasteiger partial charge on any atom is 0.246 e. The van der Waals surface area contributed by atoms with Gasteiger partial charge in [-0.25, -0.2) is 8.78 Å². The number of hydrogen-bond donors (Lipinski definition) is 3. The zero-order valence-electron chi connectivity index (χ0n) is 16.9. The highest BCUT2D eigenvalue weighted by molar-refractivity contribution is 5.93. The number of carbonyl (C=O) groups is 3. The molecule has 162 valence electrons. The molecule has 0 saturated heterocycles. The van der Waals surface area contributed by atoms with Gasteiger partial charge in [0.05, 0.1) is 6.42 Å². The average molecular weight is 427 g/mol. The van der Waals surface area contributed by atoms with E-state index in [0.717, 1.165) is 17.7 Å². The van der Waals surface area contributed by atoms with Crippen LogP contribution in [0.1, 0.15) is 24.0 Å². The molecule has 1 heterocycles. The molecule has 0 fully saturated rings. The summed E-state index contributed by atoms with van der Waals surface area (Å²) in [6.07, 6.45) is 3.21. The molecule has 0 radical (unpaired) electrons. The van der Waals surface area contributed by atoms with Crippen molar-refractivity contribution in [2.24, 2.45) is 0 Å². The number of nitrogens with one attached hydrogen (secondary N) is 3. The van der Waals surface area contributed by atoms with Crippen molar-refractivity contribution < 1.29 is 23.2 Å². The van der Waals surface area contributed by atoms with Crippen molar-refractivity contribution >= 4 is 17.7 Å². The van der Waals surface area contributed by atoms with Crippen LogP contribution in [0, 0.1) is 11.6 Å². The van der Waals surface area contributed by atoms with Crippen LogP contribution in [0.25, 0.3) is 0 Å². The van der Waals surface area contributed by atoms with Gasteiger partial charge in [0, 0.05) is 18.5 Å². The van der Waals surface area contributed by atoms with E-state index in [1.807, 2.05) is 36.4 Å². The first kappa shape index (κ1) is 22.1. The molecule has 0 spiro atoms. The van der Waals surface area contributed by atoms with Crippen molar-refractivity contribution in [1.29, 1.82) is 0 Å². The second-order valence-corrected chi connectivity index (χ2v) is 7.38. The van der Waals surface area contributed by atoms with Crippen LogP contribution in [0.3, 0.4) is 0 Å². The van der Waals surface area contributed by atoms with Crippen molar-refractivity contribution in [2.45, 2.75) is 31.3 Å². The molecule has 0 aliphatic carbocycles. The minimum absolute atomic E-state index is 0.0177. The van der Waals surface area contributed by atoms with Crippen LogP contribution in [0.15, 0.2) is 60.7 Å². The standard InChI is InChI=1S/C23H23F2N3O3/c1-14(27-21(29)11-15-9-18(24)12-19(25)10-15)22(30)28-20-8-7-17(13-26-23(20)31)16-5-3-2-4-6-16/h2-10,12,14,17,20H,11,13H2,1H3,(H,26,31)(H,27,29)(H,28,30)/t14-,17-,20-/m0/s1. The lowest BCUT2D eigenvalue weighted by Gasteiger charge is -2.18. The second kappa shape index (κ2) is 9.97. The Balaban J connectivity index is 1.56. The van der Waals surface area contributed by atoms with E-state index >= 15 is 0 Å². The Hall–Kier alpha value is -3.55. The molecule has 3 N–H and O–H groups in total. The molecule has 3 atom stereocenters. The highest BCUT2D eigenvalue weighted by atomic mass is 19.1. The Morgan fingerprint density at radius 2 is 1.77 bits per heavy atom. The second-order valence-electron chi connectivity index (χ2n) is 7.38. The smallest absolute Gasteiger partial charge is 0.246 e. The fraction of sp³-hybridized carbons (Fsp3) is 0.261. The number of carbonyl (C=O) groups excluding carboxylic acids is 3. The molecular formula is C23H23F2N3O3. The molecule has 6 nitrogen and oxygen atoms in total. The Morgan fingerprint density at radius 1 is 1.10 bits per heavy atom. The summed E-state index contributed by atoms with van der Waals surface area (Å²) in [7, 11) is 0. The van der Waals surface area contributed by atoms with Gasteiger partial charge in [0.15, 0.2) is 0 Å². The van der Waals surface area contributed by atoms with E-state index in [4.69, 9.17) is 0 Å². The predicted molar refractivity (Wildman–Crippen MR) is 111 cm³/mol. The normalized spacial score (nSPS) is 19.1. The van der Waals surface area contributed by atoms with Crippen LogP contribution >= 0.6 is 0 Å². The van der Waals surface area contributed by atoms with Gasteiger partial charge in [-0.15, -0.1) is 0 Å². The van der Waals surface area contributed by atoms with Gasteiger partial charge >= 0.3 is 0 Å². The number of hydrogen-bond acceptors (Lipinski definition) is 3. The third kappa shape index (κ3) is 6.21. The lowest BCUT2D eigenvalue weighted by molar-refractivity contribution is -0.130. The highest BCUT2D eigenvalue weighted by Gasteiger charge is 2.25. The number of rotatable bonds is 6. The maximum atomic E-state index is 13.3. The summed E-state index contributed by atoms with van der Waals surface area (Å²) in [5.41, 5.74) is 1.20. The van der Waals surface area contributed by atoms with E-state index in [9.17, 15) is 23.2 Å². The zero-order chi connectivity index (χ0) is 22.4. The highest BCUT2D eigenvalue weighted by Crippen LogP contribution is 2.18. The SMILES string of the molecule is C[C@H](NC(=O)Cc1cc(F)cc(F)c1)C(=O)N[C@H]1C=C[C@H](c2ccccc2)CNC1=O. The minimum Gasteiger partial charge on any atom is -0.353 e. The number of benzene rings is 2. The van der Waals surface area contributed by atoms with Crippen LogP contribution in [-0.2, 0) is 20.8 Å². The summed E-state index contributed by atoms with van der Waals surface area (Å²) in [4.78, 5) is 36.9. The monoisotopic (exact) mass is 427 g/mol. The molecule has 0 unspecified atom stereocenters.